The molecule has 0 saturated heterocycles. The van der Waals surface area contributed by atoms with Crippen molar-refractivity contribution in [1.29, 1.82) is 0 Å². The average Bonchev–Trinajstić information content (AvgIpc) is 2.72. The van der Waals surface area contributed by atoms with Crippen LogP contribution in [0.1, 0.15) is 5.56 Å². The van der Waals surface area contributed by atoms with Gasteiger partial charge in [0.2, 0.25) is 0 Å². The minimum Gasteiger partial charge on any atom is -0.496 e. The van der Waals surface area contributed by atoms with Gasteiger partial charge in [-0.15, -0.1) is 0 Å². The minimum absolute atomic E-state index is 0.173. The number of methoxy groups -OCH3 is 1. The number of hydrogen-bond donors (Lipinski definition) is 1. The zero-order chi connectivity index (χ0) is 19.5. The fourth-order valence-corrected chi connectivity index (χ4v) is 3.16. The Hall–Kier alpha value is -3.31. The quantitative estimate of drug-likeness (QED) is 0.528. The first kappa shape index (κ1) is 18.1. The molecule has 0 bridgehead atoms. The lowest BCUT2D eigenvalue weighted by Crippen LogP contribution is -2.09. The zero-order valence-electron chi connectivity index (χ0n) is 15.1. The van der Waals surface area contributed by atoms with Crippen molar-refractivity contribution >= 4 is 22.5 Å². The van der Waals surface area contributed by atoms with E-state index in [0.29, 0.717) is 33.2 Å². The third-order valence-electron chi connectivity index (χ3n) is 4.36. The number of rotatable bonds is 5. The minimum atomic E-state index is -0.173. The lowest BCUT2D eigenvalue weighted by atomic mass is 10.1. The number of H-pyrrole nitrogens is 1. The van der Waals surface area contributed by atoms with E-state index in [0.717, 1.165) is 11.1 Å². The molecule has 6 heteroatoms. The monoisotopic (exact) mass is 392 g/mol. The molecule has 0 fully saturated rings. The highest BCUT2D eigenvalue weighted by Gasteiger charge is 2.10. The van der Waals surface area contributed by atoms with E-state index >= 15 is 0 Å². The van der Waals surface area contributed by atoms with Crippen LogP contribution in [0.2, 0.25) is 5.02 Å². The summed E-state index contributed by atoms with van der Waals surface area (Å²) >= 11 is 6.01. The number of ether oxygens (including phenoxy) is 2. The molecule has 0 aliphatic carbocycles. The molecule has 0 aliphatic heterocycles. The summed E-state index contributed by atoms with van der Waals surface area (Å²) in [4.78, 5) is 19.8. The van der Waals surface area contributed by atoms with Crippen LogP contribution in [-0.2, 0) is 6.61 Å². The number of aromatic amines is 1. The summed E-state index contributed by atoms with van der Waals surface area (Å²) < 4.78 is 11.3. The van der Waals surface area contributed by atoms with E-state index in [2.05, 4.69) is 9.97 Å². The largest absolute Gasteiger partial charge is 0.496 e. The van der Waals surface area contributed by atoms with Gasteiger partial charge in [-0.3, -0.25) is 4.79 Å². The molecule has 1 heterocycles. The standard InChI is InChI=1S/C22H17ClN2O3/c1-27-20-10-9-14(11-15(20)13-28-17-6-4-5-16(23)12-17)21-24-19-8-3-2-7-18(19)22(26)25-21/h2-12H,13H2,1H3,(H,24,25,26). The van der Waals surface area contributed by atoms with E-state index in [9.17, 15) is 4.79 Å². The first-order valence-electron chi connectivity index (χ1n) is 8.69. The van der Waals surface area contributed by atoms with E-state index < -0.39 is 0 Å². The van der Waals surface area contributed by atoms with Crippen molar-refractivity contribution in [3.8, 4) is 22.9 Å². The maximum Gasteiger partial charge on any atom is 0.259 e. The lowest BCUT2D eigenvalue weighted by molar-refractivity contribution is 0.297. The molecule has 4 aromatic rings. The molecule has 1 N–H and O–H groups in total. The van der Waals surface area contributed by atoms with Crippen molar-refractivity contribution in [2.24, 2.45) is 0 Å². The van der Waals surface area contributed by atoms with Gasteiger partial charge in [0.25, 0.3) is 5.56 Å². The van der Waals surface area contributed by atoms with Crippen molar-refractivity contribution in [2.75, 3.05) is 7.11 Å². The summed E-state index contributed by atoms with van der Waals surface area (Å²) in [6.45, 7) is 0.287. The Morgan fingerprint density at radius 2 is 1.89 bits per heavy atom. The summed E-state index contributed by atoms with van der Waals surface area (Å²) in [6, 6.07) is 20.0. The third kappa shape index (κ3) is 3.70. The Morgan fingerprint density at radius 1 is 1.04 bits per heavy atom. The van der Waals surface area contributed by atoms with Crippen molar-refractivity contribution in [1.82, 2.24) is 9.97 Å². The van der Waals surface area contributed by atoms with Gasteiger partial charge in [-0.1, -0.05) is 29.8 Å². The van der Waals surface area contributed by atoms with Gasteiger partial charge in [-0.05, 0) is 48.5 Å². The Kier molecular flexibility index (Phi) is 5.00. The van der Waals surface area contributed by atoms with Gasteiger partial charge >= 0.3 is 0 Å². The Balaban J connectivity index is 1.69. The molecule has 28 heavy (non-hydrogen) atoms. The molecule has 0 spiro atoms. The van der Waals surface area contributed by atoms with Crippen molar-refractivity contribution in [3.05, 3.63) is 87.7 Å². The summed E-state index contributed by atoms with van der Waals surface area (Å²) in [5.41, 5.74) is 2.08. The number of para-hydroxylation sites is 1. The predicted octanol–water partition coefficient (Wildman–Crippen LogP) is 4.83. The number of fused-ring (bicyclic) bond motifs is 1. The molecule has 4 rings (SSSR count). The molecule has 0 amide bonds. The highest BCUT2D eigenvalue weighted by atomic mass is 35.5. The summed E-state index contributed by atoms with van der Waals surface area (Å²) in [7, 11) is 1.61. The Morgan fingerprint density at radius 3 is 2.71 bits per heavy atom. The first-order valence-corrected chi connectivity index (χ1v) is 9.06. The molecule has 0 aliphatic rings. The van der Waals surface area contributed by atoms with Crippen LogP contribution in [0.15, 0.2) is 71.5 Å². The van der Waals surface area contributed by atoms with E-state index in [4.69, 9.17) is 21.1 Å². The van der Waals surface area contributed by atoms with E-state index in [-0.39, 0.29) is 12.2 Å². The Bertz CT molecular complexity index is 1200. The molecule has 5 nitrogen and oxygen atoms in total. The zero-order valence-corrected chi connectivity index (χ0v) is 15.9. The van der Waals surface area contributed by atoms with Crippen molar-refractivity contribution < 1.29 is 9.47 Å². The normalized spacial score (nSPS) is 10.8. The van der Waals surface area contributed by atoms with E-state index in [1.54, 1.807) is 25.3 Å². The van der Waals surface area contributed by atoms with Crippen LogP contribution >= 0.6 is 11.6 Å². The fourth-order valence-electron chi connectivity index (χ4n) is 2.98. The van der Waals surface area contributed by atoms with E-state index in [1.807, 2.05) is 48.5 Å². The van der Waals surface area contributed by atoms with Gasteiger partial charge in [0.15, 0.2) is 0 Å². The second-order valence-electron chi connectivity index (χ2n) is 6.20. The number of nitrogens with one attached hydrogen (secondary N) is 1. The molecule has 0 radical (unpaired) electrons. The van der Waals surface area contributed by atoms with Crippen LogP contribution < -0.4 is 15.0 Å². The molecule has 1 aromatic heterocycles. The maximum atomic E-state index is 12.4. The second kappa shape index (κ2) is 7.74. The van der Waals surface area contributed by atoms with Crippen LogP contribution in [-0.4, -0.2) is 17.1 Å². The molecule has 0 atom stereocenters. The second-order valence-corrected chi connectivity index (χ2v) is 6.64. The highest BCUT2D eigenvalue weighted by molar-refractivity contribution is 6.30. The van der Waals surface area contributed by atoms with Gasteiger partial charge in [-0.2, -0.15) is 0 Å². The molecular weight excluding hydrogens is 376 g/mol. The number of benzene rings is 3. The van der Waals surface area contributed by atoms with Crippen LogP contribution in [0, 0.1) is 0 Å². The molecule has 3 aromatic carbocycles. The SMILES string of the molecule is COc1ccc(-c2nc3ccccc3c(=O)[nH]2)cc1COc1cccc(Cl)c1. The average molecular weight is 393 g/mol. The summed E-state index contributed by atoms with van der Waals surface area (Å²) in [5.74, 6) is 1.85. The highest BCUT2D eigenvalue weighted by Crippen LogP contribution is 2.27. The Labute approximate surface area is 166 Å². The van der Waals surface area contributed by atoms with Crippen LogP contribution in [0.4, 0.5) is 0 Å². The lowest BCUT2D eigenvalue weighted by Gasteiger charge is -2.12. The fraction of sp³-hybridized carbons (Fsp3) is 0.0909. The van der Waals surface area contributed by atoms with E-state index in [1.165, 1.54) is 0 Å². The number of halogens is 1. The summed E-state index contributed by atoms with van der Waals surface area (Å²) in [6.07, 6.45) is 0. The number of hydrogen-bond acceptors (Lipinski definition) is 4. The first-order chi connectivity index (χ1) is 13.6. The third-order valence-corrected chi connectivity index (χ3v) is 4.59. The van der Waals surface area contributed by atoms with Crippen molar-refractivity contribution in [3.63, 3.8) is 0 Å². The van der Waals surface area contributed by atoms with Gasteiger partial charge in [0.1, 0.15) is 23.9 Å². The van der Waals surface area contributed by atoms with Crippen molar-refractivity contribution in [2.45, 2.75) is 6.61 Å². The molecular formula is C22H17ClN2O3. The molecule has 140 valence electrons. The molecule has 0 unspecified atom stereocenters. The number of nitrogens with zero attached hydrogens (tertiary/aromatic N) is 1. The van der Waals surface area contributed by atoms with Crippen LogP contribution in [0.3, 0.4) is 0 Å². The number of aromatic nitrogens is 2. The van der Waals surface area contributed by atoms with Crippen LogP contribution in [0.25, 0.3) is 22.3 Å². The smallest absolute Gasteiger partial charge is 0.259 e. The van der Waals surface area contributed by atoms with Crippen LogP contribution in [0.5, 0.6) is 11.5 Å². The van der Waals surface area contributed by atoms with Gasteiger partial charge in [0, 0.05) is 16.1 Å². The van der Waals surface area contributed by atoms with Gasteiger partial charge in [-0.25, -0.2) is 4.98 Å². The van der Waals surface area contributed by atoms with Gasteiger partial charge < -0.3 is 14.5 Å². The predicted molar refractivity (Wildman–Crippen MR) is 110 cm³/mol. The molecule has 0 saturated carbocycles. The summed E-state index contributed by atoms with van der Waals surface area (Å²) in [5, 5.41) is 1.17. The maximum absolute atomic E-state index is 12.4. The van der Waals surface area contributed by atoms with Gasteiger partial charge in [0.05, 0.1) is 18.0 Å². The topological polar surface area (TPSA) is 64.2 Å².